The van der Waals surface area contributed by atoms with E-state index in [0.29, 0.717) is 23.1 Å². The molecule has 3 rings (SSSR count). The normalized spacial score (nSPS) is 10.5. The van der Waals surface area contributed by atoms with Crippen LogP contribution in [0.2, 0.25) is 0 Å². The van der Waals surface area contributed by atoms with Gasteiger partial charge in [0, 0.05) is 24.6 Å². The third-order valence-corrected chi connectivity index (χ3v) is 4.51. The number of nitrogens with zero attached hydrogens (tertiary/aromatic N) is 2. The predicted octanol–water partition coefficient (Wildman–Crippen LogP) is 3.08. The molecule has 0 fully saturated rings. The maximum absolute atomic E-state index is 12.3. The van der Waals surface area contributed by atoms with Gasteiger partial charge in [-0.25, -0.2) is 4.98 Å². The van der Waals surface area contributed by atoms with Crippen LogP contribution in [-0.2, 0) is 11.3 Å². The zero-order valence-electron chi connectivity index (χ0n) is 14.2. The van der Waals surface area contributed by atoms with Crippen LogP contribution < -0.4 is 5.32 Å². The lowest BCUT2D eigenvalue weighted by Crippen LogP contribution is -2.18. The molecule has 0 unspecified atom stereocenters. The molecule has 1 aromatic heterocycles. The second-order valence-electron chi connectivity index (χ2n) is 5.65. The van der Waals surface area contributed by atoms with Gasteiger partial charge in [0.25, 0.3) is 0 Å². The number of amides is 1. The van der Waals surface area contributed by atoms with Crippen LogP contribution in [0.5, 0.6) is 0 Å². The van der Waals surface area contributed by atoms with Crippen LogP contribution >= 0.6 is 11.8 Å². The number of aromatic nitrogens is 3. The van der Waals surface area contributed by atoms with E-state index in [1.54, 1.807) is 12.1 Å². The van der Waals surface area contributed by atoms with E-state index in [1.165, 1.54) is 18.7 Å². The molecule has 0 aliphatic rings. The van der Waals surface area contributed by atoms with Crippen molar-refractivity contribution < 1.29 is 9.59 Å². The smallest absolute Gasteiger partial charge is 0.217 e. The average Bonchev–Trinajstić information content (AvgIpc) is 3.14. The van der Waals surface area contributed by atoms with E-state index in [-0.39, 0.29) is 17.4 Å². The maximum Gasteiger partial charge on any atom is 0.217 e. The van der Waals surface area contributed by atoms with Gasteiger partial charge in [0.1, 0.15) is 0 Å². The molecule has 1 amide bonds. The molecule has 0 atom stereocenters. The van der Waals surface area contributed by atoms with Crippen molar-refractivity contribution in [3.05, 3.63) is 65.7 Å². The van der Waals surface area contributed by atoms with E-state index in [9.17, 15) is 9.59 Å². The summed E-state index contributed by atoms with van der Waals surface area (Å²) in [4.78, 5) is 27.6. The van der Waals surface area contributed by atoms with Gasteiger partial charge in [-0.1, -0.05) is 66.4 Å². The van der Waals surface area contributed by atoms with Gasteiger partial charge in [-0.15, -0.1) is 5.10 Å². The van der Waals surface area contributed by atoms with E-state index < -0.39 is 0 Å². The van der Waals surface area contributed by atoms with Crippen molar-refractivity contribution in [3.63, 3.8) is 0 Å². The zero-order valence-corrected chi connectivity index (χ0v) is 15.0. The maximum atomic E-state index is 12.3. The molecule has 0 bridgehead atoms. The second-order valence-corrected chi connectivity index (χ2v) is 6.59. The summed E-state index contributed by atoms with van der Waals surface area (Å²) in [6.07, 6.45) is 0. The summed E-state index contributed by atoms with van der Waals surface area (Å²) in [5, 5.41) is 10.3. The lowest BCUT2D eigenvalue weighted by molar-refractivity contribution is -0.119. The Hall–Kier alpha value is -2.93. The number of rotatable bonds is 7. The molecule has 2 N–H and O–H groups in total. The quantitative estimate of drug-likeness (QED) is 0.496. The minimum atomic E-state index is -0.0806. The zero-order chi connectivity index (χ0) is 18.4. The van der Waals surface area contributed by atoms with Crippen molar-refractivity contribution in [1.82, 2.24) is 20.5 Å². The monoisotopic (exact) mass is 366 g/mol. The average molecular weight is 366 g/mol. The third-order valence-electron chi connectivity index (χ3n) is 3.66. The number of nitrogens with one attached hydrogen (secondary N) is 2. The van der Waals surface area contributed by atoms with Gasteiger partial charge in [0.2, 0.25) is 11.1 Å². The fraction of sp³-hybridized carbons (Fsp3) is 0.158. The van der Waals surface area contributed by atoms with Crippen LogP contribution in [0.3, 0.4) is 0 Å². The molecule has 0 spiro atoms. The van der Waals surface area contributed by atoms with E-state index >= 15 is 0 Å². The fourth-order valence-corrected chi connectivity index (χ4v) is 2.98. The van der Waals surface area contributed by atoms with E-state index in [1.807, 2.05) is 42.5 Å². The van der Waals surface area contributed by atoms with Gasteiger partial charge in [-0.2, -0.15) is 0 Å². The largest absolute Gasteiger partial charge is 0.352 e. The number of benzene rings is 2. The van der Waals surface area contributed by atoms with Crippen LogP contribution in [0.4, 0.5) is 0 Å². The molecule has 0 radical (unpaired) electrons. The number of carbonyl (C=O) groups excluding carboxylic acids is 2. The molecule has 0 saturated carbocycles. The minimum Gasteiger partial charge on any atom is -0.352 e. The van der Waals surface area contributed by atoms with Crippen molar-refractivity contribution in [2.75, 3.05) is 5.75 Å². The van der Waals surface area contributed by atoms with Crippen molar-refractivity contribution in [3.8, 4) is 11.4 Å². The van der Waals surface area contributed by atoms with Crippen molar-refractivity contribution >= 4 is 23.5 Å². The Labute approximate surface area is 155 Å². The Morgan fingerprint density at radius 2 is 1.81 bits per heavy atom. The molecule has 0 aliphatic carbocycles. The van der Waals surface area contributed by atoms with Crippen molar-refractivity contribution in [2.45, 2.75) is 18.6 Å². The minimum absolute atomic E-state index is 0.00661. The van der Waals surface area contributed by atoms with Crippen LogP contribution in [0.1, 0.15) is 22.8 Å². The Morgan fingerprint density at radius 3 is 2.50 bits per heavy atom. The number of hydrogen-bond acceptors (Lipinski definition) is 5. The molecule has 0 aliphatic heterocycles. The van der Waals surface area contributed by atoms with Crippen LogP contribution in [0, 0.1) is 0 Å². The standard InChI is InChI=1S/C19H18N4O2S/c1-13(24)20-11-14-7-9-15(10-8-14)17(25)12-26-19-21-18(22-23-19)16-5-3-2-4-6-16/h2-10H,11-12H2,1H3,(H,20,24)(H,21,22,23). The number of H-pyrrole nitrogens is 1. The lowest BCUT2D eigenvalue weighted by atomic mass is 10.1. The SMILES string of the molecule is CC(=O)NCc1ccc(C(=O)CSc2n[nH]c(-c3ccccc3)n2)cc1. The number of Topliss-reactive ketones (excluding diaryl/α,β-unsaturated/α-hetero) is 1. The van der Waals surface area contributed by atoms with Gasteiger partial charge in [-0.3, -0.25) is 14.7 Å². The molecule has 26 heavy (non-hydrogen) atoms. The summed E-state index contributed by atoms with van der Waals surface area (Å²) in [5.41, 5.74) is 2.53. The molecular formula is C19H18N4O2S. The first-order chi connectivity index (χ1) is 12.6. The topological polar surface area (TPSA) is 87.7 Å². The highest BCUT2D eigenvalue weighted by atomic mass is 32.2. The number of carbonyl (C=O) groups is 2. The lowest BCUT2D eigenvalue weighted by Gasteiger charge is -2.04. The van der Waals surface area contributed by atoms with E-state index in [4.69, 9.17) is 0 Å². The molecule has 7 heteroatoms. The Balaban J connectivity index is 1.55. The summed E-state index contributed by atoms with van der Waals surface area (Å²) in [7, 11) is 0. The summed E-state index contributed by atoms with van der Waals surface area (Å²) in [5.74, 6) is 0.870. The Morgan fingerprint density at radius 1 is 1.08 bits per heavy atom. The summed E-state index contributed by atoms with van der Waals surface area (Å²) in [6, 6.07) is 16.9. The van der Waals surface area contributed by atoms with Crippen LogP contribution in [0.25, 0.3) is 11.4 Å². The number of hydrogen-bond donors (Lipinski definition) is 2. The summed E-state index contributed by atoms with van der Waals surface area (Å²) >= 11 is 1.30. The van der Waals surface area contributed by atoms with Crippen molar-refractivity contribution in [2.24, 2.45) is 0 Å². The summed E-state index contributed by atoms with van der Waals surface area (Å²) < 4.78 is 0. The molecule has 2 aromatic carbocycles. The molecule has 6 nitrogen and oxygen atoms in total. The molecule has 0 saturated heterocycles. The first-order valence-electron chi connectivity index (χ1n) is 8.09. The number of thioether (sulfide) groups is 1. The van der Waals surface area contributed by atoms with Gasteiger partial charge in [0.15, 0.2) is 11.6 Å². The highest BCUT2D eigenvalue weighted by molar-refractivity contribution is 7.99. The Bertz CT molecular complexity index is 891. The third kappa shape index (κ3) is 4.80. The van der Waals surface area contributed by atoms with E-state index in [2.05, 4.69) is 20.5 Å². The van der Waals surface area contributed by atoms with Crippen LogP contribution in [0.15, 0.2) is 59.8 Å². The predicted molar refractivity (Wildman–Crippen MR) is 101 cm³/mol. The number of aromatic amines is 1. The molecule has 3 aromatic rings. The van der Waals surface area contributed by atoms with E-state index in [0.717, 1.165) is 11.1 Å². The fourth-order valence-electron chi connectivity index (χ4n) is 2.28. The first kappa shape index (κ1) is 17.9. The molecule has 1 heterocycles. The van der Waals surface area contributed by atoms with Crippen molar-refractivity contribution in [1.29, 1.82) is 0 Å². The van der Waals surface area contributed by atoms with Gasteiger partial charge >= 0.3 is 0 Å². The highest BCUT2D eigenvalue weighted by Crippen LogP contribution is 2.20. The first-order valence-corrected chi connectivity index (χ1v) is 9.07. The summed E-state index contributed by atoms with van der Waals surface area (Å²) in [6.45, 7) is 1.93. The van der Waals surface area contributed by atoms with Gasteiger partial charge in [-0.05, 0) is 5.56 Å². The highest BCUT2D eigenvalue weighted by Gasteiger charge is 2.10. The van der Waals surface area contributed by atoms with Crippen LogP contribution in [-0.4, -0.2) is 32.6 Å². The Kier molecular flexibility index (Phi) is 5.80. The van der Waals surface area contributed by atoms with Gasteiger partial charge in [0.05, 0.1) is 5.75 Å². The van der Waals surface area contributed by atoms with Gasteiger partial charge < -0.3 is 5.32 Å². The number of ketones is 1. The second kappa shape index (κ2) is 8.44. The molecule has 132 valence electrons. The molecular weight excluding hydrogens is 348 g/mol.